The zero-order valence-electron chi connectivity index (χ0n) is 14.9. The van der Waals surface area contributed by atoms with Gasteiger partial charge in [0.2, 0.25) is 11.8 Å². The van der Waals surface area contributed by atoms with Crippen molar-refractivity contribution < 1.29 is 14.4 Å². The van der Waals surface area contributed by atoms with Gasteiger partial charge in [-0.2, -0.15) is 0 Å². The summed E-state index contributed by atoms with van der Waals surface area (Å²) in [4.78, 5) is 39.9. The van der Waals surface area contributed by atoms with Gasteiger partial charge in [-0.1, -0.05) is 30.3 Å². The molecule has 2 fully saturated rings. The SMILES string of the molecule is O=C(NCC(=O)N1CCCC1)NC(CN1CCCC1=O)c1ccccc1. The number of likely N-dealkylation sites (tertiary alicyclic amines) is 2. The Morgan fingerprint density at radius 1 is 1.04 bits per heavy atom. The van der Waals surface area contributed by atoms with Gasteiger partial charge in [0.15, 0.2) is 0 Å². The summed E-state index contributed by atoms with van der Waals surface area (Å²) in [5.41, 5.74) is 0.938. The van der Waals surface area contributed by atoms with Gasteiger partial charge in [-0.3, -0.25) is 9.59 Å². The molecule has 1 aromatic carbocycles. The van der Waals surface area contributed by atoms with Crippen LogP contribution in [0, 0.1) is 0 Å². The molecule has 1 unspecified atom stereocenters. The molecule has 2 heterocycles. The number of rotatable bonds is 6. The number of nitrogens with zero attached hydrogens (tertiary/aromatic N) is 2. The van der Waals surface area contributed by atoms with E-state index in [4.69, 9.17) is 0 Å². The van der Waals surface area contributed by atoms with E-state index in [0.29, 0.717) is 13.0 Å². The van der Waals surface area contributed by atoms with Crippen LogP contribution in [0.25, 0.3) is 0 Å². The molecule has 1 aromatic rings. The normalized spacial score (nSPS) is 18.1. The molecule has 0 saturated carbocycles. The highest BCUT2D eigenvalue weighted by atomic mass is 16.2. The Bertz CT molecular complexity index is 643. The summed E-state index contributed by atoms with van der Waals surface area (Å²) in [6.07, 6.45) is 3.48. The fourth-order valence-electron chi connectivity index (χ4n) is 3.48. The van der Waals surface area contributed by atoms with Crippen LogP contribution in [0.1, 0.15) is 37.3 Å². The summed E-state index contributed by atoms with van der Waals surface area (Å²) in [7, 11) is 0. The molecule has 0 aromatic heterocycles. The second-order valence-corrected chi connectivity index (χ2v) is 6.82. The molecule has 2 saturated heterocycles. The number of urea groups is 1. The summed E-state index contributed by atoms with van der Waals surface area (Å²) in [5, 5.41) is 5.56. The van der Waals surface area contributed by atoms with Gasteiger partial charge in [-0.25, -0.2) is 4.79 Å². The second-order valence-electron chi connectivity index (χ2n) is 6.82. The van der Waals surface area contributed by atoms with Crippen molar-refractivity contribution in [1.82, 2.24) is 20.4 Å². The molecule has 2 aliphatic heterocycles. The van der Waals surface area contributed by atoms with Crippen LogP contribution in [0.5, 0.6) is 0 Å². The zero-order chi connectivity index (χ0) is 18.4. The van der Waals surface area contributed by atoms with Crippen molar-refractivity contribution in [2.24, 2.45) is 0 Å². The van der Waals surface area contributed by atoms with Crippen LogP contribution >= 0.6 is 0 Å². The van der Waals surface area contributed by atoms with Gasteiger partial charge in [0, 0.05) is 32.6 Å². The number of hydrogen-bond acceptors (Lipinski definition) is 3. The lowest BCUT2D eigenvalue weighted by molar-refractivity contribution is -0.129. The van der Waals surface area contributed by atoms with Gasteiger partial charge in [0.05, 0.1) is 12.6 Å². The molecule has 3 rings (SSSR count). The molecule has 7 nitrogen and oxygen atoms in total. The molecular weight excluding hydrogens is 332 g/mol. The maximum atomic E-state index is 12.3. The van der Waals surface area contributed by atoms with E-state index in [1.807, 2.05) is 30.3 Å². The van der Waals surface area contributed by atoms with E-state index >= 15 is 0 Å². The minimum atomic E-state index is -0.391. The zero-order valence-corrected chi connectivity index (χ0v) is 14.9. The fraction of sp³-hybridized carbons (Fsp3) is 0.526. The number of benzene rings is 1. The first-order valence-corrected chi connectivity index (χ1v) is 9.28. The Labute approximate surface area is 153 Å². The molecule has 1 atom stereocenters. The molecule has 140 valence electrons. The minimum absolute atomic E-state index is 0.00398. The molecular formula is C19H26N4O3. The van der Waals surface area contributed by atoms with E-state index < -0.39 is 6.03 Å². The Morgan fingerprint density at radius 3 is 2.42 bits per heavy atom. The first kappa shape index (κ1) is 18.2. The Morgan fingerprint density at radius 2 is 1.77 bits per heavy atom. The largest absolute Gasteiger partial charge is 0.341 e. The van der Waals surface area contributed by atoms with Crippen molar-refractivity contribution in [2.45, 2.75) is 31.7 Å². The average molecular weight is 358 g/mol. The highest BCUT2D eigenvalue weighted by molar-refractivity contribution is 5.84. The molecule has 0 radical (unpaired) electrons. The van der Waals surface area contributed by atoms with Crippen molar-refractivity contribution in [1.29, 1.82) is 0 Å². The summed E-state index contributed by atoms with van der Waals surface area (Å²) in [6, 6.07) is 8.89. The van der Waals surface area contributed by atoms with Crippen molar-refractivity contribution >= 4 is 17.8 Å². The van der Waals surface area contributed by atoms with Gasteiger partial charge >= 0.3 is 6.03 Å². The maximum Gasteiger partial charge on any atom is 0.315 e. The van der Waals surface area contributed by atoms with Crippen molar-refractivity contribution in [3.05, 3.63) is 35.9 Å². The van der Waals surface area contributed by atoms with Crippen LogP contribution in [0.4, 0.5) is 4.79 Å². The fourth-order valence-corrected chi connectivity index (χ4v) is 3.48. The van der Waals surface area contributed by atoms with E-state index in [0.717, 1.165) is 44.5 Å². The smallest absolute Gasteiger partial charge is 0.315 e. The molecule has 26 heavy (non-hydrogen) atoms. The van der Waals surface area contributed by atoms with Gasteiger partial charge in [0.1, 0.15) is 0 Å². The number of amides is 4. The maximum absolute atomic E-state index is 12.3. The van der Waals surface area contributed by atoms with E-state index in [1.165, 1.54) is 0 Å². The minimum Gasteiger partial charge on any atom is -0.341 e. The summed E-state index contributed by atoms with van der Waals surface area (Å²) in [5.74, 6) is 0.0704. The van der Waals surface area contributed by atoms with Gasteiger partial charge < -0.3 is 20.4 Å². The monoisotopic (exact) mass is 358 g/mol. The molecule has 4 amide bonds. The lowest BCUT2D eigenvalue weighted by atomic mass is 10.1. The Balaban J connectivity index is 1.56. The van der Waals surface area contributed by atoms with Crippen molar-refractivity contribution in [3.63, 3.8) is 0 Å². The van der Waals surface area contributed by atoms with Crippen molar-refractivity contribution in [3.8, 4) is 0 Å². The lowest BCUT2D eigenvalue weighted by Gasteiger charge is -2.25. The van der Waals surface area contributed by atoms with Crippen LogP contribution in [0.3, 0.4) is 0 Å². The van der Waals surface area contributed by atoms with Crippen molar-refractivity contribution in [2.75, 3.05) is 32.7 Å². The van der Waals surface area contributed by atoms with Crippen LogP contribution < -0.4 is 10.6 Å². The summed E-state index contributed by atoms with van der Waals surface area (Å²) < 4.78 is 0. The number of carbonyl (C=O) groups excluding carboxylic acids is 3. The molecule has 0 spiro atoms. The topological polar surface area (TPSA) is 81.8 Å². The van der Waals surface area contributed by atoms with Gasteiger partial charge in [0.25, 0.3) is 0 Å². The highest BCUT2D eigenvalue weighted by Crippen LogP contribution is 2.18. The lowest BCUT2D eigenvalue weighted by Crippen LogP contribution is -2.46. The summed E-state index contributed by atoms with van der Waals surface area (Å²) >= 11 is 0. The highest BCUT2D eigenvalue weighted by Gasteiger charge is 2.25. The standard InChI is InChI=1S/C19H26N4O3/c24-17-9-6-12-23(17)14-16(15-7-2-1-3-8-15)21-19(26)20-13-18(25)22-10-4-5-11-22/h1-3,7-8,16H,4-6,9-14H2,(H2,20,21,26). The molecule has 2 N–H and O–H groups in total. The van der Waals surface area contributed by atoms with Crippen LogP contribution in [0.15, 0.2) is 30.3 Å². The molecule has 0 aliphatic carbocycles. The van der Waals surface area contributed by atoms with E-state index in [2.05, 4.69) is 10.6 Å². The molecule has 0 bridgehead atoms. The average Bonchev–Trinajstić information content (AvgIpc) is 3.32. The third-order valence-corrected chi connectivity index (χ3v) is 4.94. The quantitative estimate of drug-likeness (QED) is 0.804. The Hall–Kier alpha value is -2.57. The number of carbonyl (C=O) groups is 3. The summed E-state index contributed by atoms with van der Waals surface area (Å²) in [6.45, 7) is 2.70. The van der Waals surface area contributed by atoms with E-state index in [9.17, 15) is 14.4 Å². The second kappa shape index (κ2) is 8.69. The third-order valence-electron chi connectivity index (χ3n) is 4.94. The van der Waals surface area contributed by atoms with Gasteiger partial charge in [-0.15, -0.1) is 0 Å². The number of hydrogen-bond donors (Lipinski definition) is 2. The van der Waals surface area contributed by atoms with E-state index in [1.54, 1.807) is 9.80 Å². The first-order chi connectivity index (χ1) is 12.6. The first-order valence-electron chi connectivity index (χ1n) is 9.28. The number of nitrogens with one attached hydrogen (secondary N) is 2. The predicted molar refractivity (Wildman–Crippen MR) is 97.3 cm³/mol. The predicted octanol–water partition coefficient (Wildman–Crippen LogP) is 1.27. The van der Waals surface area contributed by atoms with Crippen LogP contribution in [-0.2, 0) is 9.59 Å². The third kappa shape index (κ3) is 4.74. The Kier molecular flexibility index (Phi) is 6.09. The van der Waals surface area contributed by atoms with E-state index in [-0.39, 0.29) is 24.4 Å². The van der Waals surface area contributed by atoms with Gasteiger partial charge in [-0.05, 0) is 24.8 Å². The van der Waals surface area contributed by atoms with Crippen LogP contribution in [-0.4, -0.2) is 60.4 Å². The molecule has 2 aliphatic rings. The van der Waals surface area contributed by atoms with Crippen LogP contribution in [0.2, 0.25) is 0 Å². The molecule has 7 heteroatoms.